The fraction of sp³-hybridized carbons (Fsp3) is 0. The summed E-state index contributed by atoms with van der Waals surface area (Å²) in [5.74, 6) is 0. The summed E-state index contributed by atoms with van der Waals surface area (Å²) in [5.41, 5.74) is 0.975. The van der Waals surface area contributed by atoms with Crippen LogP contribution < -0.4 is 5.32 Å². The van der Waals surface area contributed by atoms with Crippen molar-refractivity contribution in [3.05, 3.63) is 30.3 Å². The molecule has 0 unspecified atom stereocenters. The number of thiol groups is 1. The van der Waals surface area contributed by atoms with Crippen molar-refractivity contribution in [1.82, 2.24) is 0 Å². The summed E-state index contributed by atoms with van der Waals surface area (Å²) in [6, 6.07) is 9.69. The van der Waals surface area contributed by atoms with Gasteiger partial charge in [-0.3, -0.25) is 0 Å². The van der Waals surface area contributed by atoms with Gasteiger partial charge in [-0.05, 0) is 12.1 Å². The molecule has 1 N–H and O–H groups in total. The summed E-state index contributed by atoms with van der Waals surface area (Å²) in [7, 11) is 0. The van der Waals surface area contributed by atoms with Gasteiger partial charge >= 0.3 is 0 Å². The van der Waals surface area contributed by atoms with Crippen molar-refractivity contribution in [3.63, 3.8) is 0 Å². The smallest absolute Gasteiger partial charge is 0.135 e. The molecule has 1 aromatic carbocycles. The van der Waals surface area contributed by atoms with Gasteiger partial charge in [0.2, 0.25) is 0 Å². The van der Waals surface area contributed by atoms with Crippen LogP contribution in [0.4, 0.5) is 5.69 Å². The second-order valence-electron chi connectivity index (χ2n) is 1.80. The molecule has 0 spiro atoms. The molecule has 11 heavy (non-hydrogen) atoms. The van der Waals surface area contributed by atoms with Crippen LogP contribution in [0, 0.1) is 0 Å². The first-order valence-corrected chi connectivity index (χ1v) is 3.69. The standard InChI is InChI=1S/C7H7NS2.Na/c9-7(10)8-6-4-2-1-3-5-6;/h1-5H,(H2,8,9,10);. The van der Waals surface area contributed by atoms with Crippen LogP contribution in [0.1, 0.15) is 0 Å². The Kier molecular flexibility index (Phi) is 6.28. The molecule has 0 bridgehead atoms. The van der Waals surface area contributed by atoms with E-state index in [4.69, 9.17) is 12.2 Å². The zero-order chi connectivity index (χ0) is 7.40. The topological polar surface area (TPSA) is 12.0 Å². The van der Waals surface area contributed by atoms with Gasteiger partial charge in [0.1, 0.15) is 4.32 Å². The summed E-state index contributed by atoms with van der Waals surface area (Å²) in [6.07, 6.45) is 0. The molecule has 1 aromatic rings. The van der Waals surface area contributed by atoms with Crippen molar-refractivity contribution in [2.75, 3.05) is 5.32 Å². The van der Waals surface area contributed by atoms with Crippen LogP contribution in [-0.4, -0.2) is 33.9 Å². The van der Waals surface area contributed by atoms with E-state index in [-0.39, 0.29) is 29.6 Å². The summed E-state index contributed by atoms with van der Waals surface area (Å²) in [4.78, 5) is 0. The van der Waals surface area contributed by atoms with E-state index in [0.717, 1.165) is 5.69 Å². The van der Waals surface area contributed by atoms with Gasteiger partial charge in [-0.25, -0.2) is 0 Å². The molecular formula is C7H7NNaS2. The van der Waals surface area contributed by atoms with Crippen LogP contribution >= 0.6 is 24.8 Å². The van der Waals surface area contributed by atoms with E-state index in [0.29, 0.717) is 4.32 Å². The Morgan fingerprint density at radius 1 is 1.27 bits per heavy atom. The molecule has 0 amide bonds. The van der Waals surface area contributed by atoms with Gasteiger partial charge in [0.05, 0.1) is 0 Å². The van der Waals surface area contributed by atoms with Crippen molar-refractivity contribution in [1.29, 1.82) is 0 Å². The number of rotatable bonds is 1. The maximum Gasteiger partial charge on any atom is 0.135 e. The van der Waals surface area contributed by atoms with Crippen molar-refractivity contribution < 1.29 is 0 Å². The van der Waals surface area contributed by atoms with E-state index < -0.39 is 0 Å². The molecule has 0 aromatic heterocycles. The van der Waals surface area contributed by atoms with E-state index >= 15 is 0 Å². The number of thiocarbonyl (C=S) groups is 1. The Labute approximate surface area is 99.3 Å². The van der Waals surface area contributed by atoms with Gasteiger partial charge in [0.25, 0.3) is 0 Å². The Bertz CT molecular complexity index is 225. The van der Waals surface area contributed by atoms with E-state index in [1.807, 2.05) is 30.3 Å². The second-order valence-corrected chi connectivity index (χ2v) is 2.95. The maximum atomic E-state index is 4.73. The molecule has 0 aliphatic heterocycles. The Morgan fingerprint density at radius 3 is 2.27 bits per heavy atom. The zero-order valence-electron chi connectivity index (χ0n) is 6.24. The molecule has 0 aliphatic carbocycles. The number of hydrogen-bond donors (Lipinski definition) is 2. The molecule has 1 rings (SSSR count). The van der Waals surface area contributed by atoms with Crippen molar-refractivity contribution in [2.45, 2.75) is 0 Å². The zero-order valence-corrected chi connectivity index (χ0v) is 9.95. The molecule has 0 aliphatic rings. The van der Waals surface area contributed by atoms with E-state index in [1.165, 1.54) is 0 Å². The molecule has 4 heteroatoms. The normalized spacial score (nSPS) is 8.09. The maximum absolute atomic E-state index is 4.73. The molecule has 53 valence electrons. The Balaban J connectivity index is 0.000001000. The summed E-state index contributed by atoms with van der Waals surface area (Å²) >= 11 is 8.66. The first-order valence-electron chi connectivity index (χ1n) is 2.84. The van der Waals surface area contributed by atoms with Crippen LogP contribution in [0.2, 0.25) is 0 Å². The van der Waals surface area contributed by atoms with Crippen molar-refractivity contribution >= 4 is 64.4 Å². The Hall–Kier alpha value is 0.460. The van der Waals surface area contributed by atoms with Gasteiger partial charge in [-0.15, -0.1) is 12.6 Å². The van der Waals surface area contributed by atoms with Crippen LogP contribution in [-0.2, 0) is 0 Å². The summed E-state index contributed by atoms with van der Waals surface area (Å²) < 4.78 is 0.492. The number of nitrogens with one attached hydrogen (secondary N) is 1. The van der Waals surface area contributed by atoms with Gasteiger partial charge < -0.3 is 5.32 Å². The number of benzene rings is 1. The third kappa shape index (κ3) is 4.82. The molecular weight excluding hydrogens is 185 g/mol. The second kappa shape index (κ2) is 6.03. The molecule has 0 saturated heterocycles. The first-order chi connectivity index (χ1) is 4.79. The van der Waals surface area contributed by atoms with Crippen LogP contribution in [0.15, 0.2) is 30.3 Å². The largest absolute Gasteiger partial charge is 0.341 e. The van der Waals surface area contributed by atoms with Gasteiger partial charge in [-0.2, -0.15) is 0 Å². The minimum absolute atomic E-state index is 0. The third-order valence-corrected chi connectivity index (χ3v) is 1.24. The molecule has 1 radical (unpaired) electrons. The summed E-state index contributed by atoms with van der Waals surface area (Å²) in [6.45, 7) is 0. The molecule has 0 atom stereocenters. The van der Waals surface area contributed by atoms with E-state index in [2.05, 4.69) is 17.9 Å². The SMILES string of the molecule is S=C(S)Nc1ccccc1.[Na]. The van der Waals surface area contributed by atoms with Crippen molar-refractivity contribution in [2.24, 2.45) is 0 Å². The molecule has 0 fully saturated rings. The first kappa shape index (κ1) is 11.5. The van der Waals surface area contributed by atoms with Crippen LogP contribution in [0.25, 0.3) is 0 Å². The van der Waals surface area contributed by atoms with Gasteiger partial charge in [0.15, 0.2) is 0 Å². The van der Waals surface area contributed by atoms with E-state index in [9.17, 15) is 0 Å². The number of anilines is 1. The quantitative estimate of drug-likeness (QED) is 0.400. The minimum Gasteiger partial charge on any atom is -0.341 e. The van der Waals surface area contributed by atoms with Crippen LogP contribution in [0.3, 0.4) is 0 Å². The fourth-order valence-corrected chi connectivity index (χ4v) is 0.892. The average Bonchev–Trinajstić information content (AvgIpc) is 1.88. The Morgan fingerprint density at radius 2 is 1.82 bits per heavy atom. The monoisotopic (exact) mass is 192 g/mol. The van der Waals surface area contributed by atoms with Crippen LogP contribution in [0.5, 0.6) is 0 Å². The van der Waals surface area contributed by atoms with E-state index in [1.54, 1.807) is 0 Å². The number of para-hydroxylation sites is 1. The third-order valence-electron chi connectivity index (χ3n) is 1.03. The minimum atomic E-state index is 0. The predicted molar refractivity (Wildman–Crippen MR) is 57.4 cm³/mol. The fourth-order valence-electron chi connectivity index (χ4n) is 0.645. The number of hydrogen-bond acceptors (Lipinski definition) is 1. The van der Waals surface area contributed by atoms with Gasteiger partial charge in [-0.1, -0.05) is 30.4 Å². The molecule has 0 saturated carbocycles. The van der Waals surface area contributed by atoms with Crippen molar-refractivity contribution in [3.8, 4) is 0 Å². The molecule has 1 nitrogen and oxygen atoms in total. The molecule has 0 heterocycles. The van der Waals surface area contributed by atoms with Gasteiger partial charge in [0, 0.05) is 35.2 Å². The average molecular weight is 192 g/mol. The predicted octanol–water partition coefficient (Wildman–Crippen LogP) is 1.93. The summed E-state index contributed by atoms with van der Waals surface area (Å²) in [5, 5.41) is 2.90.